The maximum absolute atomic E-state index is 12.7. The van der Waals surface area contributed by atoms with Crippen LogP contribution in [0.15, 0.2) is 36.4 Å². The van der Waals surface area contributed by atoms with E-state index in [9.17, 15) is 4.79 Å². The first kappa shape index (κ1) is 22.9. The van der Waals surface area contributed by atoms with Crippen LogP contribution in [0.2, 0.25) is 10.0 Å². The molecular formula is C23H30Cl2N4O. The molecule has 2 aromatic rings. The summed E-state index contributed by atoms with van der Waals surface area (Å²) in [5, 5.41) is 4.43. The lowest BCUT2D eigenvalue weighted by Gasteiger charge is -2.32. The third kappa shape index (κ3) is 6.10. The summed E-state index contributed by atoms with van der Waals surface area (Å²) >= 11 is 12.0. The van der Waals surface area contributed by atoms with E-state index in [-0.39, 0.29) is 5.91 Å². The van der Waals surface area contributed by atoms with E-state index in [1.165, 1.54) is 0 Å². The average molecular weight is 449 g/mol. The van der Waals surface area contributed by atoms with Gasteiger partial charge in [0.1, 0.15) is 5.82 Å². The van der Waals surface area contributed by atoms with Crippen molar-refractivity contribution in [2.75, 3.05) is 38.1 Å². The average Bonchev–Trinajstić information content (AvgIpc) is 2.76. The predicted octanol–water partition coefficient (Wildman–Crippen LogP) is 4.88. The highest BCUT2D eigenvalue weighted by Gasteiger charge is 2.23. The minimum absolute atomic E-state index is 0.0252. The molecule has 1 aliphatic heterocycles. The zero-order valence-electron chi connectivity index (χ0n) is 17.7. The van der Waals surface area contributed by atoms with Gasteiger partial charge in [0.15, 0.2) is 0 Å². The molecule has 1 aliphatic rings. The molecule has 0 bridgehead atoms. The molecule has 5 nitrogen and oxygen atoms in total. The third-order valence-electron chi connectivity index (χ3n) is 5.55. The molecule has 2 heterocycles. The number of pyridine rings is 1. The lowest BCUT2D eigenvalue weighted by Crippen LogP contribution is -2.40. The molecule has 0 spiro atoms. The Kier molecular flexibility index (Phi) is 8.37. The highest BCUT2D eigenvalue weighted by molar-refractivity contribution is 6.42. The largest absolute Gasteiger partial charge is 0.360 e. The fourth-order valence-corrected chi connectivity index (χ4v) is 4.08. The summed E-state index contributed by atoms with van der Waals surface area (Å²) in [7, 11) is 2.08. The first-order chi connectivity index (χ1) is 14.5. The van der Waals surface area contributed by atoms with Crippen LogP contribution in [0, 0.1) is 5.92 Å². The monoisotopic (exact) mass is 448 g/mol. The molecule has 0 atom stereocenters. The number of aromatic nitrogens is 1. The number of hydrogen-bond donors (Lipinski definition) is 1. The molecule has 0 saturated carbocycles. The molecule has 162 valence electrons. The van der Waals surface area contributed by atoms with Crippen LogP contribution in [0.1, 0.15) is 42.2 Å². The number of hydrogen-bond acceptors (Lipinski definition) is 4. The van der Waals surface area contributed by atoms with E-state index in [1.54, 1.807) is 18.2 Å². The summed E-state index contributed by atoms with van der Waals surface area (Å²) in [5.41, 5.74) is 1.66. The number of halogens is 2. The smallest absolute Gasteiger partial charge is 0.253 e. The van der Waals surface area contributed by atoms with E-state index >= 15 is 0 Å². The van der Waals surface area contributed by atoms with Crippen molar-refractivity contribution in [2.24, 2.45) is 5.92 Å². The zero-order chi connectivity index (χ0) is 21.5. The number of nitrogens with one attached hydrogen (secondary N) is 1. The Morgan fingerprint density at radius 2 is 1.97 bits per heavy atom. The number of amides is 1. The van der Waals surface area contributed by atoms with Crippen LogP contribution in [-0.4, -0.2) is 49.0 Å². The van der Waals surface area contributed by atoms with Crippen molar-refractivity contribution in [3.8, 4) is 0 Å². The standard InChI is InChI=1S/C23H30Cl2N4O/c1-3-11-28(2)22-6-4-5-19(27-22)16-26-15-17-9-12-29(13-10-17)23(30)18-7-8-20(24)21(25)14-18/h4-8,14,17,26H,3,9-13,15-16H2,1-2H3. The summed E-state index contributed by atoms with van der Waals surface area (Å²) in [4.78, 5) is 21.5. The van der Waals surface area contributed by atoms with Crippen LogP contribution >= 0.6 is 23.2 Å². The number of anilines is 1. The number of likely N-dealkylation sites (tertiary alicyclic amines) is 1. The van der Waals surface area contributed by atoms with Gasteiger partial charge >= 0.3 is 0 Å². The second kappa shape index (κ2) is 11.0. The summed E-state index contributed by atoms with van der Waals surface area (Å²) in [5.74, 6) is 1.61. The van der Waals surface area contributed by atoms with Crippen molar-refractivity contribution in [3.63, 3.8) is 0 Å². The molecule has 1 aromatic heterocycles. The van der Waals surface area contributed by atoms with Gasteiger partial charge in [-0.3, -0.25) is 4.79 Å². The molecule has 1 aromatic carbocycles. The number of piperidine rings is 1. The van der Waals surface area contributed by atoms with Crippen molar-refractivity contribution in [1.29, 1.82) is 0 Å². The van der Waals surface area contributed by atoms with Crippen LogP contribution in [0.4, 0.5) is 5.82 Å². The van der Waals surface area contributed by atoms with Crippen molar-refractivity contribution in [2.45, 2.75) is 32.7 Å². The lowest BCUT2D eigenvalue weighted by molar-refractivity contribution is 0.0690. The molecule has 1 N–H and O–H groups in total. The Labute approximate surface area is 189 Å². The van der Waals surface area contributed by atoms with Crippen molar-refractivity contribution < 1.29 is 4.79 Å². The molecule has 1 saturated heterocycles. The quantitative estimate of drug-likeness (QED) is 0.625. The minimum atomic E-state index is 0.0252. The van der Waals surface area contributed by atoms with E-state index in [0.717, 1.165) is 63.5 Å². The number of carbonyl (C=O) groups excluding carboxylic acids is 1. The summed E-state index contributed by atoms with van der Waals surface area (Å²) in [6, 6.07) is 11.3. The Balaban J connectivity index is 1.43. The maximum atomic E-state index is 12.7. The highest BCUT2D eigenvalue weighted by atomic mass is 35.5. The van der Waals surface area contributed by atoms with E-state index in [1.807, 2.05) is 4.90 Å². The maximum Gasteiger partial charge on any atom is 0.253 e. The summed E-state index contributed by atoms with van der Waals surface area (Å²) in [6.07, 6.45) is 3.09. The Morgan fingerprint density at radius 1 is 1.20 bits per heavy atom. The van der Waals surface area contributed by atoms with E-state index < -0.39 is 0 Å². The van der Waals surface area contributed by atoms with Gasteiger partial charge in [-0.15, -0.1) is 0 Å². The second-order valence-electron chi connectivity index (χ2n) is 7.90. The van der Waals surface area contributed by atoms with Crippen LogP contribution in [-0.2, 0) is 6.54 Å². The number of nitrogens with zero attached hydrogens (tertiary/aromatic N) is 3. The van der Waals surface area contributed by atoms with Gasteiger partial charge in [-0.25, -0.2) is 4.98 Å². The normalized spacial score (nSPS) is 14.7. The van der Waals surface area contributed by atoms with Gasteiger partial charge in [0.2, 0.25) is 0 Å². The third-order valence-corrected chi connectivity index (χ3v) is 6.29. The summed E-state index contributed by atoms with van der Waals surface area (Å²) in [6.45, 7) is 6.40. The number of carbonyl (C=O) groups is 1. The Hall–Kier alpha value is -1.82. The Bertz CT molecular complexity index is 853. The first-order valence-corrected chi connectivity index (χ1v) is 11.4. The fourth-order valence-electron chi connectivity index (χ4n) is 3.78. The first-order valence-electron chi connectivity index (χ1n) is 10.6. The SMILES string of the molecule is CCCN(C)c1cccc(CNCC2CCN(C(=O)c3ccc(Cl)c(Cl)c3)CC2)n1. The van der Waals surface area contributed by atoms with Gasteiger partial charge in [0.25, 0.3) is 5.91 Å². The van der Waals surface area contributed by atoms with E-state index in [0.29, 0.717) is 21.5 Å². The Morgan fingerprint density at radius 3 is 2.67 bits per heavy atom. The highest BCUT2D eigenvalue weighted by Crippen LogP contribution is 2.25. The van der Waals surface area contributed by atoms with Gasteiger partial charge in [-0.05, 0) is 62.1 Å². The predicted molar refractivity (Wildman–Crippen MR) is 125 cm³/mol. The van der Waals surface area contributed by atoms with Crippen LogP contribution in [0.5, 0.6) is 0 Å². The van der Waals surface area contributed by atoms with Gasteiger partial charge in [-0.2, -0.15) is 0 Å². The lowest BCUT2D eigenvalue weighted by atomic mass is 9.96. The topological polar surface area (TPSA) is 48.5 Å². The molecule has 1 amide bonds. The fraction of sp³-hybridized carbons (Fsp3) is 0.478. The molecular weight excluding hydrogens is 419 g/mol. The van der Waals surface area contributed by atoms with Crippen molar-refractivity contribution >= 4 is 34.9 Å². The number of benzene rings is 1. The van der Waals surface area contributed by atoms with E-state index in [2.05, 4.69) is 42.4 Å². The van der Waals surface area contributed by atoms with E-state index in [4.69, 9.17) is 28.2 Å². The van der Waals surface area contributed by atoms with Gasteiger partial charge in [0, 0.05) is 38.8 Å². The van der Waals surface area contributed by atoms with Crippen LogP contribution in [0.3, 0.4) is 0 Å². The van der Waals surface area contributed by atoms with Gasteiger partial charge < -0.3 is 15.1 Å². The van der Waals surface area contributed by atoms with Gasteiger partial charge in [0.05, 0.1) is 15.7 Å². The van der Waals surface area contributed by atoms with Gasteiger partial charge in [-0.1, -0.05) is 36.2 Å². The van der Waals surface area contributed by atoms with Crippen LogP contribution in [0.25, 0.3) is 0 Å². The number of rotatable bonds is 8. The van der Waals surface area contributed by atoms with Crippen molar-refractivity contribution in [3.05, 3.63) is 57.7 Å². The molecule has 0 aliphatic carbocycles. The molecule has 30 heavy (non-hydrogen) atoms. The van der Waals surface area contributed by atoms with Crippen LogP contribution < -0.4 is 10.2 Å². The second-order valence-corrected chi connectivity index (χ2v) is 8.72. The molecule has 0 radical (unpaired) electrons. The molecule has 1 fully saturated rings. The zero-order valence-corrected chi connectivity index (χ0v) is 19.2. The molecule has 0 unspecified atom stereocenters. The van der Waals surface area contributed by atoms with Crippen molar-refractivity contribution in [1.82, 2.24) is 15.2 Å². The molecule has 7 heteroatoms. The summed E-state index contributed by atoms with van der Waals surface area (Å²) < 4.78 is 0. The minimum Gasteiger partial charge on any atom is -0.360 e. The molecule has 3 rings (SSSR count).